The lowest BCUT2D eigenvalue weighted by molar-refractivity contribution is -0.145. The molecule has 0 N–H and O–H groups in total. The Morgan fingerprint density at radius 3 is 2.30 bits per heavy atom. The molecule has 1 heterocycles. The summed E-state index contributed by atoms with van der Waals surface area (Å²) < 4.78 is 5.07. The van der Waals surface area contributed by atoms with Crippen molar-refractivity contribution in [3.8, 4) is 0 Å². The molecule has 3 unspecified atom stereocenters. The van der Waals surface area contributed by atoms with E-state index in [4.69, 9.17) is 4.74 Å². The second kappa shape index (κ2) is 1.55. The fourth-order valence-electron chi connectivity index (χ4n) is 1.99. The second-order valence-electron chi connectivity index (χ2n) is 3.68. The molecule has 2 heteroatoms. The standard InChI is InChI=1S/C8H12O2/c1-5-3-8(5)4-6(2)10-7(8)9/h5-6H,3-4H2,1-2H3. The van der Waals surface area contributed by atoms with Crippen molar-refractivity contribution < 1.29 is 9.53 Å². The zero-order valence-electron chi connectivity index (χ0n) is 6.39. The summed E-state index contributed by atoms with van der Waals surface area (Å²) in [7, 11) is 0. The van der Waals surface area contributed by atoms with Gasteiger partial charge in [-0.05, 0) is 19.3 Å². The predicted octanol–water partition coefficient (Wildman–Crippen LogP) is 1.35. The van der Waals surface area contributed by atoms with Crippen molar-refractivity contribution in [2.24, 2.45) is 11.3 Å². The molecule has 0 aromatic rings. The third-order valence-electron chi connectivity index (χ3n) is 2.82. The smallest absolute Gasteiger partial charge is 0.312 e. The molecular weight excluding hydrogens is 128 g/mol. The normalized spacial score (nSPS) is 51.6. The molecule has 2 rings (SSSR count). The molecule has 1 aliphatic heterocycles. The summed E-state index contributed by atoms with van der Waals surface area (Å²) >= 11 is 0. The summed E-state index contributed by atoms with van der Waals surface area (Å²) in [5.74, 6) is 0.623. The average molecular weight is 140 g/mol. The summed E-state index contributed by atoms with van der Waals surface area (Å²) in [5, 5.41) is 0. The first-order valence-electron chi connectivity index (χ1n) is 3.86. The van der Waals surface area contributed by atoms with E-state index in [0.717, 1.165) is 12.8 Å². The van der Waals surface area contributed by atoms with Gasteiger partial charge in [0, 0.05) is 6.42 Å². The highest BCUT2D eigenvalue weighted by Gasteiger charge is 2.62. The first-order chi connectivity index (χ1) is 4.65. The zero-order valence-corrected chi connectivity index (χ0v) is 6.39. The van der Waals surface area contributed by atoms with E-state index in [-0.39, 0.29) is 17.5 Å². The highest BCUT2D eigenvalue weighted by molar-refractivity contribution is 5.82. The number of hydrogen-bond acceptors (Lipinski definition) is 2. The van der Waals surface area contributed by atoms with Crippen molar-refractivity contribution in [3.63, 3.8) is 0 Å². The van der Waals surface area contributed by atoms with E-state index in [1.54, 1.807) is 0 Å². The monoisotopic (exact) mass is 140 g/mol. The molecule has 1 aliphatic carbocycles. The molecule has 1 spiro atoms. The molecule has 0 amide bonds. The maximum absolute atomic E-state index is 11.2. The summed E-state index contributed by atoms with van der Waals surface area (Å²) in [6.45, 7) is 4.09. The molecule has 2 fully saturated rings. The van der Waals surface area contributed by atoms with Crippen LogP contribution in [0, 0.1) is 11.3 Å². The van der Waals surface area contributed by atoms with Crippen molar-refractivity contribution in [2.75, 3.05) is 0 Å². The van der Waals surface area contributed by atoms with Crippen LogP contribution >= 0.6 is 0 Å². The fraction of sp³-hybridized carbons (Fsp3) is 0.875. The first kappa shape index (κ1) is 6.20. The van der Waals surface area contributed by atoms with E-state index in [1.165, 1.54) is 0 Å². The Labute approximate surface area is 60.6 Å². The van der Waals surface area contributed by atoms with Crippen molar-refractivity contribution >= 4 is 5.97 Å². The van der Waals surface area contributed by atoms with E-state index in [9.17, 15) is 4.79 Å². The molecule has 56 valence electrons. The van der Waals surface area contributed by atoms with Gasteiger partial charge in [0.15, 0.2) is 0 Å². The zero-order chi connectivity index (χ0) is 7.35. The molecule has 0 bridgehead atoms. The number of carbonyl (C=O) groups is 1. The van der Waals surface area contributed by atoms with Crippen LogP contribution in [-0.2, 0) is 9.53 Å². The van der Waals surface area contributed by atoms with Gasteiger partial charge in [0.05, 0.1) is 5.41 Å². The Balaban J connectivity index is 2.19. The van der Waals surface area contributed by atoms with E-state index >= 15 is 0 Å². The molecule has 0 aromatic heterocycles. The topological polar surface area (TPSA) is 26.3 Å². The number of esters is 1. The van der Waals surface area contributed by atoms with Crippen molar-refractivity contribution in [1.82, 2.24) is 0 Å². The van der Waals surface area contributed by atoms with Gasteiger partial charge in [-0.25, -0.2) is 0 Å². The largest absolute Gasteiger partial charge is 0.462 e. The number of cyclic esters (lactones) is 1. The Morgan fingerprint density at radius 2 is 2.10 bits per heavy atom. The molecule has 3 atom stereocenters. The molecular formula is C8H12O2. The fourth-order valence-corrected chi connectivity index (χ4v) is 1.99. The van der Waals surface area contributed by atoms with Crippen LogP contribution in [0.3, 0.4) is 0 Å². The predicted molar refractivity (Wildman–Crippen MR) is 36.4 cm³/mol. The quantitative estimate of drug-likeness (QED) is 0.475. The summed E-state index contributed by atoms with van der Waals surface area (Å²) in [6.07, 6.45) is 2.17. The first-order valence-corrected chi connectivity index (χ1v) is 3.86. The summed E-state index contributed by atoms with van der Waals surface area (Å²) in [6, 6.07) is 0. The van der Waals surface area contributed by atoms with Gasteiger partial charge < -0.3 is 4.74 Å². The molecule has 1 saturated heterocycles. The average Bonchev–Trinajstić information content (AvgIpc) is 2.33. The van der Waals surface area contributed by atoms with Crippen LogP contribution in [-0.4, -0.2) is 12.1 Å². The van der Waals surface area contributed by atoms with Crippen LogP contribution in [0.1, 0.15) is 26.7 Å². The number of rotatable bonds is 0. The lowest BCUT2D eigenvalue weighted by atomic mass is 10.0. The summed E-state index contributed by atoms with van der Waals surface area (Å²) in [5.41, 5.74) is -0.0284. The van der Waals surface area contributed by atoms with Gasteiger partial charge in [0.25, 0.3) is 0 Å². The van der Waals surface area contributed by atoms with Crippen LogP contribution in [0.15, 0.2) is 0 Å². The van der Waals surface area contributed by atoms with Crippen LogP contribution in [0.4, 0.5) is 0 Å². The molecule has 10 heavy (non-hydrogen) atoms. The number of hydrogen-bond donors (Lipinski definition) is 0. The van der Waals surface area contributed by atoms with Gasteiger partial charge in [0.1, 0.15) is 6.10 Å². The molecule has 2 nitrogen and oxygen atoms in total. The van der Waals surface area contributed by atoms with Crippen molar-refractivity contribution in [1.29, 1.82) is 0 Å². The highest BCUT2D eigenvalue weighted by Crippen LogP contribution is 2.59. The maximum atomic E-state index is 11.2. The van der Waals surface area contributed by atoms with Gasteiger partial charge in [-0.3, -0.25) is 4.79 Å². The van der Waals surface area contributed by atoms with E-state index in [2.05, 4.69) is 6.92 Å². The Bertz CT molecular complexity index is 188. The number of ether oxygens (including phenoxy) is 1. The highest BCUT2D eigenvalue weighted by atomic mass is 16.6. The minimum Gasteiger partial charge on any atom is -0.462 e. The minimum atomic E-state index is -0.0284. The third-order valence-corrected chi connectivity index (χ3v) is 2.82. The lowest BCUT2D eigenvalue weighted by Gasteiger charge is -1.97. The molecule has 2 aliphatic rings. The molecule has 1 saturated carbocycles. The molecule has 0 radical (unpaired) electrons. The SMILES string of the molecule is CC1CC2(CC2C)C(=O)O1. The molecule has 0 aromatic carbocycles. The van der Waals surface area contributed by atoms with Crippen LogP contribution in [0.25, 0.3) is 0 Å². The summed E-state index contributed by atoms with van der Waals surface area (Å²) in [4.78, 5) is 11.2. The van der Waals surface area contributed by atoms with E-state index in [1.807, 2.05) is 6.92 Å². The van der Waals surface area contributed by atoms with Crippen molar-refractivity contribution in [3.05, 3.63) is 0 Å². The van der Waals surface area contributed by atoms with Crippen LogP contribution in [0.2, 0.25) is 0 Å². The van der Waals surface area contributed by atoms with Crippen LogP contribution < -0.4 is 0 Å². The van der Waals surface area contributed by atoms with Gasteiger partial charge >= 0.3 is 5.97 Å². The van der Waals surface area contributed by atoms with E-state index in [0.29, 0.717) is 5.92 Å². The Kier molecular flexibility index (Phi) is 0.960. The second-order valence-corrected chi connectivity index (χ2v) is 3.68. The van der Waals surface area contributed by atoms with Crippen LogP contribution in [0.5, 0.6) is 0 Å². The van der Waals surface area contributed by atoms with Gasteiger partial charge in [-0.1, -0.05) is 6.92 Å². The van der Waals surface area contributed by atoms with Gasteiger partial charge in [-0.2, -0.15) is 0 Å². The third kappa shape index (κ3) is 0.568. The maximum Gasteiger partial charge on any atom is 0.312 e. The van der Waals surface area contributed by atoms with Crippen molar-refractivity contribution in [2.45, 2.75) is 32.8 Å². The number of carbonyl (C=O) groups excluding carboxylic acids is 1. The Hall–Kier alpha value is -0.530. The Morgan fingerprint density at radius 1 is 1.50 bits per heavy atom. The van der Waals surface area contributed by atoms with Gasteiger partial charge in [-0.15, -0.1) is 0 Å². The lowest BCUT2D eigenvalue weighted by Crippen LogP contribution is -2.09. The minimum absolute atomic E-state index is 0.0284. The van der Waals surface area contributed by atoms with E-state index < -0.39 is 0 Å². The van der Waals surface area contributed by atoms with Gasteiger partial charge in [0.2, 0.25) is 0 Å².